The van der Waals surface area contributed by atoms with Crippen molar-refractivity contribution in [3.05, 3.63) is 29.8 Å². The molecule has 0 aliphatic carbocycles. The van der Waals surface area contributed by atoms with Gasteiger partial charge in [-0.05, 0) is 36.8 Å². The van der Waals surface area contributed by atoms with Crippen LogP contribution in [0.25, 0.3) is 0 Å². The van der Waals surface area contributed by atoms with Crippen molar-refractivity contribution in [3.63, 3.8) is 0 Å². The standard InChI is InChI=1S/C15H24FN3O2/c1-3-15(4-2,7-9-20)11-19-14(21)18-10-13-12(16)6-5-8-17-13/h5-6,8,20H,3-4,7,9-11H2,1-2H3,(H2,18,19,21). The molecule has 0 atom stereocenters. The molecule has 1 aromatic rings. The third-order valence-corrected chi connectivity index (χ3v) is 4.02. The summed E-state index contributed by atoms with van der Waals surface area (Å²) >= 11 is 0. The second kappa shape index (κ2) is 8.56. The highest BCUT2D eigenvalue weighted by atomic mass is 19.1. The van der Waals surface area contributed by atoms with Gasteiger partial charge in [-0.2, -0.15) is 0 Å². The molecule has 1 rings (SSSR count). The lowest BCUT2D eigenvalue weighted by atomic mass is 9.79. The third-order valence-electron chi connectivity index (χ3n) is 4.02. The number of nitrogens with one attached hydrogen (secondary N) is 2. The number of hydrogen-bond donors (Lipinski definition) is 3. The fourth-order valence-electron chi connectivity index (χ4n) is 2.22. The molecule has 2 amide bonds. The van der Waals surface area contributed by atoms with Gasteiger partial charge in [0, 0.05) is 19.3 Å². The van der Waals surface area contributed by atoms with Gasteiger partial charge >= 0.3 is 6.03 Å². The zero-order valence-corrected chi connectivity index (χ0v) is 12.7. The smallest absolute Gasteiger partial charge is 0.315 e. The number of halogens is 1. The summed E-state index contributed by atoms with van der Waals surface area (Å²) in [6.45, 7) is 4.72. The van der Waals surface area contributed by atoms with E-state index in [1.807, 2.05) is 13.8 Å². The van der Waals surface area contributed by atoms with Crippen molar-refractivity contribution < 1.29 is 14.3 Å². The SMILES string of the molecule is CCC(CC)(CCO)CNC(=O)NCc1ncccc1F. The number of aliphatic hydroxyl groups is 1. The lowest BCUT2D eigenvalue weighted by molar-refractivity contribution is 0.163. The van der Waals surface area contributed by atoms with Crippen LogP contribution in [-0.4, -0.2) is 29.3 Å². The first-order chi connectivity index (χ1) is 10.1. The summed E-state index contributed by atoms with van der Waals surface area (Å²) in [6, 6.07) is 2.46. The summed E-state index contributed by atoms with van der Waals surface area (Å²) in [4.78, 5) is 15.6. The van der Waals surface area contributed by atoms with Gasteiger partial charge in [-0.25, -0.2) is 9.18 Å². The van der Waals surface area contributed by atoms with E-state index in [-0.39, 0.29) is 30.3 Å². The average Bonchev–Trinajstić information content (AvgIpc) is 2.51. The minimum Gasteiger partial charge on any atom is -0.396 e. The van der Waals surface area contributed by atoms with Crippen LogP contribution >= 0.6 is 0 Å². The molecular formula is C15H24FN3O2. The zero-order valence-electron chi connectivity index (χ0n) is 12.7. The number of nitrogens with zero attached hydrogens (tertiary/aromatic N) is 1. The predicted octanol–water partition coefficient (Wildman–Crippen LogP) is 2.21. The number of amides is 2. The molecule has 1 aromatic heterocycles. The molecular weight excluding hydrogens is 273 g/mol. The Kier molecular flexibility index (Phi) is 7.08. The van der Waals surface area contributed by atoms with Crippen LogP contribution in [0.4, 0.5) is 9.18 Å². The number of hydrogen-bond acceptors (Lipinski definition) is 3. The van der Waals surface area contributed by atoms with E-state index in [0.29, 0.717) is 13.0 Å². The van der Waals surface area contributed by atoms with Crippen LogP contribution in [0.1, 0.15) is 38.8 Å². The molecule has 5 nitrogen and oxygen atoms in total. The van der Waals surface area contributed by atoms with Crippen LogP contribution in [0.15, 0.2) is 18.3 Å². The molecule has 0 saturated carbocycles. The second-order valence-electron chi connectivity index (χ2n) is 5.15. The summed E-state index contributed by atoms with van der Waals surface area (Å²) in [5, 5.41) is 14.5. The summed E-state index contributed by atoms with van der Waals surface area (Å²) in [6.07, 6.45) is 3.88. The highest BCUT2D eigenvalue weighted by Crippen LogP contribution is 2.29. The van der Waals surface area contributed by atoms with Crippen molar-refractivity contribution in [2.24, 2.45) is 5.41 Å². The highest BCUT2D eigenvalue weighted by Gasteiger charge is 2.26. The zero-order chi connectivity index (χ0) is 15.7. The molecule has 0 aromatic carbocycles. The van der Waals surface area contributed by atoms with Crippen LogP contribution in [0.3, 0.4) is 0 Å². The van der Waals surface area contributed by atoms with Crippen molar-refractivity contribution in [2.75, 3.05) is 13.2 Å². The number of pyridine rings is 1. The maximum absolute atomic E-state index is 13.4. The van der Waals surface area contributed by atoms with E-state index in [9.17, 15) is 9.18 Å². The number of carbonyl (C=O) groups is 1. The monoisotopic (exact) mass is 297 g/mol. The van der Waals surface area contributed by atoms with E-state index in [1.54, 1.807) is 0 Å². The molecule has 0 aliphatic rings. The number of aliphatic hydroxyl groups excluding tert-OH is 1. The van der Waals surface area contributed by atoms with Crippen molar-refractivity contribution in [2.45, 2.75) is 39.7 Å². The first-order valence-electron chi connectivity index (χ1n) is 7.29. The van der Waals surface area contributed by atoms with Gasteiger partial charge in [0.15, 0.2) is 0 Å². The topological polar surface area (TPSA) is 74.2 Å². The normalized spacial score (nSPS) is 11.2. The molecule has 0 bridgehead atoms. The van der Waals surface area contributed by atoms with Gasteiger partial charge in [-0.15, -0.1) is 0 Å². The van der Waals surface area contributed by atoms with E-state index in [2.05, 4.69) is 15.6 Å². The summed E-state index contributed by atoms with van der Waals surface area (Å²) < 4.78 is 13.4. The number of rotatable bonds is 8. The molecule has 0 radical (unpaired) electrons. The van der Waals surface area contributed by atoms with E-state index >= 15 is 0 Å². The van der Waals surface area contributed by atoms with Crippen LogP contribution in [0.5, 0.6) is 0 Å². The number of carbonyl (C=O) groups excluding carboxylic acids is 1. The maximum atomic E-state index is 13.4. The van der Waals surface area contributed by atoms with Crippen LogP contribution in [0.2, 0.25) is 0 Å². The average molecular weight is 297 g/mol. The molecule has 6 heteroatoms. The highest BCUT2D eigenvalue weighted by molar-refractivity contribution is 5.73. The first-order valence-corrected chi connectivity index (χ1v) is 7.29. The van der Waals surface area contributed by atoms with E-state index in [0.717, 1.165) is 12.8 Å². The van der Waals surface area contributed by atoms with Gasteiger partial charge in [-0.3, -0.25) is 4.98 Å². The van der Waals surface area contributed by atoms with Gasteiger partial charge in [0.25, 0.3) is 0 Å². The summed E-state index contributed by atoms with van der Waals surface area (Å²) in [5.41, 5.74) is 0.114. The molecule has 0 saturated heterocycles. The van der Waals surface area contributed by atoms with Gasteiger partial charge in [0.1, 0.15) is 5.82 Å². The second-order valence-corrected chi connectivity index (χ2v) is 5.15. The Morgan fingerprint density at radius 1 is 1.38 bits per heavy atom. The van der Waals surface area contributed by atoms with Gasteiger partial charge in [0.2, 0.25) is 0 Å². The summed E-state index contributed by atoms with van der Waals surface area (Å²) in [7, 11) is 0. The van der Waals surface area contributed by atoms with Gasteiger partial charge < -0.3 is 15.7 Å². The van der Waals surface area contributed by atoms with Crippen molar-refractivity contribution in [1.29, 1.82) is 0 Å². The Bertz CT molecular complexity index is 450. The van der Waals surface area contributed by atoms with Gasteiger partial charge in [0.05, 0.1) is 12.2 Å². The Balaban J connectivity index is 2.45. The van der Waals surface area contributed by atoms with Crippen LogP contribution < -0.4 is 10.6 Å². The summed E-state index contributed by atoms with van der Waals surface area (Å²) in [5.74, 6) is -0.436. The maximum Gasteiger partial charge on any atom is 0.315 e. The Hall–Kier alpha value is -1.69. The third kappa shape index (κ3) is 5.30. The lowest BCUT2D eigenvalue weighted by Gasteiger charge is -2.31. The number of aromatic nitrogens is 1. The quantitative estimate of drug-likeness (QED) is 0.688. The van der Waals surface area contributed by atoms with Crippen LogP contribution in [0, 0.1) is 11.2 Å². The van der Waals surface area contributed by atoms with Crippen LogP contribution in [-0.2, 0) is 6.54 Å². The Morgan fingerprint density at radius 3 is 2.67 bits per heavy atom. The van der Waals surface area contributed by atoms with Crippen molar-refractivity contribution >= 4 is 6.03 Å². The molecule has 0 aliphatic heterocycles. The van der Waals surface area contributed by atoms with Crippen molar-refractivity contribution in [1.82, 2.24) is 15.6 Å². The minimum atomic E-state index is -0.436. The fourth-order valence-corrected chi connectivity index (χ4v) is 2.22. The molecule has 0 unspecified atom stereocenters. The first kappa shape index (κ1) is 17.4. The minimum absolute atomic E-state index is 0.0454. The molecule has 21 heavy (non-hydrogen) atoms. The molecule has 118 valence electrons. The molecule has 3 N–H and O–H groups in total. The predicted molar refractivity (Wildman–Crippen MR) is 79.2 cm³/mol. The molecule has 1 heterocycles. The van der Waals surface area contributed by atoms with E-state index in [4.69, 9.17) is 5.11 Å². The molecule has 0 fully saturated rings. The van der Waals surface area contributed by atoms with E-state index in [1.165, 1.54) is 18.3 Å². The van der Waals surface area contributed by atoms with Crippen molar-refractivity contribution in [3.8, 4) is 0 Å². The van der Waals surface area contributed by atoms with E-state index < -0.39 is 5.82 Å². The van der Waals surface area contributed by atoms with Gasteiger partial charge in [-0.1, -0.05) is 13.8 Å². The Labute approximate surface area is 125 Å². The largest absolute Gasteiger partial charge is 0.396 e. The molecule has 0 spiro atoms. The fraction of sp³-hybridized carbons (Fsp3) is 0.600. The number of urea groups is 1. The lowest BCUT2D eigenvalue weighted by Crippen LogP contribution is -2.42. The Morgan fingerprint density at radius 2 is 2.10 bits per heavy atom.